The SMILES string of the molecule is C=C1NC(C)=C(C(N)=O)C(c2cccs2)C1C(N)=O. The molecule has 2 unspecified atom stereocenters. The Morgan fingerprint density at radius 2 is 2.11 bits per heavy atom. The van der Waals surface area contributed by atoms with Gasteiger partial charge in [0.1, 0.15) is 0 Å². The van der Waals surface area contributed by atoms with Gasteiger partial charge in [0, 0.05) is 27.8 Å². The van der Waals surface area contributed by atoms with Crippen LogP contribution in [0.2, 0.25) is 0 Å². The molecule has 5 N–H and O–H groups in total. The van der Waals surface area contributed by atoms with E-state index in [0.717, 1.165) is 4.88 Å². The van der Waals surface area contributed by atoms with Crippen LogP contribution < -0.4 is 16.8 Å². The third kappa shape index (κ3) is 2.26. The number of nitrogens with one attached hydrogen (secondary N) is 1. The zero-order valence-electron chi connectivity index (χ0n) is 10.5. The molecule has 0 saturated heterocycles. The Morgan fingerprint density at radius 3 is 2.58 bits per heavy atom. The monoisotopic (exact) mass is 277 g/mol. The van der Waals surface area contributed by atoms with Gasteiger partial charge >= 0.3 is 0 Å². The van der Waals surface area contributed by atoms with E-state index in [2.05, 4.69) is 11.9 Å². The Balaban J connectivity index is 2.62. The Bertz CT molecular complexity index is 575. The molecular formula is C13H15N3O2S. The standard InChI is InChI=1S/C13H15N3O2S/c1-6-9(12(14)17)11(8-4-3-5-19-8)10(13(15)18)7(2)16-6/h3-5,9,11,16H,1H2,2H3,(H2,14,17)(H2,15,18). The molecule has 1 aliphatic heterocycles. The van der Waals surface area contributed by atoms with E-state index in [1.165, 1.54) is 11.3 Å². The molecule has 1 aromatic heterocycles. The van der Waals surface area contributed by atoms with Gasteiger partial charge in [-0.3, -0.25) is 9.59 Å². The van der Waals surface area contributed by atoms with Crippen LogP contribution in [-0.2, 0) is 9.59 Å². The molecule has 1 aliphatic rings. The Labute approximate surface area is 115 Å². The number of hydrogen-bond donors (Lipinski definition) is 3. The molecule has 0 fully saturated rings. The van der Waals surface area contributed by atoms with Gasteiger partial charge in [-0.25, -0.2) is 0 Å². The second-order valence-electron chi connectivity index (χ2n) is 4.43. The second-order valence-corrected chi connectivity index (χ2v) is 5.41. The number of primary amides is 2. The summed E-state index contributed by atoms with van der Waals surface area (Å²) in [7, 11) is 0. The van der Waals surface area contributed by atoms with Crippen molar-refractivity contribution in [3.05, 3.63) is 45.9 Å². The van der Waals surface area contributed by atoms with Gasteiger partial charge in [0.15, 0.2) is 0 Å². The van der Waals surface area contributed by atoms with Gasteiger partial charge in [-0.2, -0.15) is 0 Å². The molecule has 0 aliphatic carbocycles. The van der Waals surface area contributed by atoms with Gasteiger partial charge in [-0.05, 0) is 18.4 Å². The molecule has 0 spiro atoms. The minimum atomic E-state index is -0.676. The molecule has 0 radical (unpaired) electrons. The van der Waals surface area contributed by atoms with Crippen molar-refractivity contribution < 1.29 is 9.59 Å². The molecule has 2 atom stereocenters. The van der Waals surface area contributed by atoms with Crippen molar-refractivity contribution in [1.82, 2.24) is 5.32 Å². The molecule has 2 heterocycles. The summed E-state index contributed by atoms with van der Waals surface area (Å²) in [5.74, 6) is -2.21. The first kappa shape index (κ1) is 13.4. The van der Waals surface area contributed by atoms with Crippen LogP contribution in [0.1, 0.15) is 17.7 Å². The van der Waals surface area contributed by atoms with Crippen LogP contribution in [0.3, 0.4) is 0 Å². The number of allylic oxidation sites excluding steroid dienone is 1. The highest BCUT2D eigenvalue weighted by molar-refractivity contribution is 7.10. The number of nitrogens with two attached hydrogens (primary N) is 2. The number of thiophene rings is 1. The first-order valence-electron chi connectivity index (χ1n) is 5.72. The number of hydrogen-bond acceptors (Lipinski definition) is 4. The molecule has 6 heteroatoms. The largest absolute Gasteiger partial charge is 0.369 e. The van der Waals surface area contributed by atoms with Gasteiger partial charge in [-0.15, -0.1) is 11.3 Å². The van der Waals surface area contributed by atoms with Crippen LogP contribution in [-0.4, -0.2) is 11.8 Å². The van der Waals surface area contributed by atoms with Gasteiger partial charge in [0.25, 0.3) is 0 Å². The van der Waals surface area contributed by atoms with Crippen molar-refractivity contribution in [2.75, 3.05) is 0 Å². The zero-order chi connectivity index (χ0) is 14.2. The van der Waals surface area contributed by atoms with Crippen molar-refractivity contribution >= 4 is 23.2 Å². The highest BCUT2D eigenvalue weighted by Crippen LogP contribution is 2.41. The zero-order valence-corrected chi connectivity index (χ0v) is 11.3. The first-order chi connectivity index (χ1) is 8.93. The molecule has 100 valence electrons. The quantitative estimate of drug-likeness (QED) is 0.762. The van der Waals surface area contributed by atoms with Crippen molar-refractivity contribution in [3.8, 4) is 0 Å². The minimum absolute atomic E-state index is 0.388. The van der Waals surface area contributed by atoms with E-state index in [1.54, 1.807) is 6.92 Å². The molecule has 0 aromatic carbocycles. The maximum absolute atomic E-state index is 11.7. The highest BCUT2D eigenvalue weighted by atomic mass is 32.1. The number of amides is 2. The summed E-state index contributed by atoms with van der Waals surface area (Å²) in [5.41, 5.74) is 12.4. The maximum Gasteiger partial charge on any atom is 0.247 e. The average Bonchev–Trinajstić information content (AvgIpc) is 2.79. The molecular weight excluding hydrogens is 262 g/mol. The minimum Gasteiger partial charge on any atom is -0.369 e. The fraction of sp³-hybridized carbons (Fsp3) is 0.231. The lowest BCUT2D eigenvalue weighted by Crippen LogP contribution is -2.42. The summed E-state index contributed by atoms with van der Waals surface area (Å²) in [6.45, 7) is 5.57. The first-order valence-corrected chi connectivity index (χ1v) is 6.60. The fourth-order valence-corrected chi connectivity index (χ4v) is 3.31. The Morgan fingerprint density at radius 1 is 1.42 bits per heavy atom. The molecule has 0 saturated carbocycles. The Hall–Kier alpha value is -2.08. The smallest absolute Gasteiger partial charge is 0.247 e. The molecule has 0 bridgehead atoms. The lowest BCUT2D eigenvalue weighted by atomic mass is 9.78. The van der Waals surface area contributed by atoms with Gasteiger partial charge in [0.2, 0.25) is 11.8 Å². The van der Waals surface area contributed by atoms with Crippen molar-refractivity contribution in [3.63, 3.8) is 0 Å². The summed E-state index contributed by atoms with van der Waals surface area (Å²) < 4.78 is 0. The molecule has 19 heavy (non-hydrogen) atoms. The van der Waals surface area contributed by atoms with E-state index >= 15 is 0 Å². The molecule has 5 nitrogen and oxygen atoms in total. The average molecular weight is 277 g/mol. The van der Waals surface area contributed by atoms with Crippen LogP contribution in [0.5, 0.6) is 0 Å². The second kappa shape index (κ2) is 4.89. The van der Waals surface area contributed by atoms with Crippen LogP contribution >= 0.6 is 11.3 Å². The van der Waals surface area contributed by atoms with E-state index in [1.807, 2.05) is 17.5 Å². The predicted octanol–water partition coefficient (Wildman–Crippen LogP) is 0.809. The van der Waals surface area contributed by atoms with E-state index in [4.69, 9.17) is 11.5 Å². The molecule has 2 rings (SSSR count). The fourth-order valence-electron chi connectivity index (χ4n) is 2.44. The van der Waals surface area contributed by atoms with Gasteiger partial charge in [-0.1, -0.05) is 12.6 Å². The van der Waals surface area contributed by atoms with E-state index in [9.17, 15) is 9.59 Å². The summed E-state index contributed by atoms with van der Waals surface area (Å²) in [4.78, 5) is 24.3. The molecule has 2 amide bonds. The van der Waals surface area contributed by atoms with Crippen molar-refractivity contribution in [1.29, 1.82) is 0 Å². The van der Waals surface area contributed by atoms with E-state index in [0.29, 0.717) is 17.0 Å². The Kier molecular flexibility index (Phi) is 3.44. The lowest BCUT2D eigenvalue weighted by Gasteiger charge is -2.33. The van der Waals surface area contributed by atoms with Gasteiger partial charge in [0.05, 0.1) is 5.92 Å². The van der Waals surface area contributed by atoms with Crippen molar-refractivity contribution in [2.45, 2.75) is 12.8 Å². The number of carbonyl (C=O) groups excluding carboxylic acids is 2. The van der Waals surface area contributed by atoms with Crippen LogP contribution in [0.15, 0.2) is 41.1 Å². The third-order valence-corrected chi connectivity index (χ3v) is 4.15. The summed E-state index contributed by atoms with van der Waals surface area (Å²) in [6.07, 6.45) is 0. The molecule has 1 aromatic rings. The normalized spacial score (nSPS) is 23.1. The third-order valence-electron chi connectivity index (χ3n) is 3.19. The van der Waals surface area contributed by atoms with E-state index in [-0.39, 0.29) is 0 Å². The van der Waals surface area contributed by atoms with Crippen LogP contribution in [0.4, 0.5) is 0 Å². The van der Waals surface area contributed by atoms with Crippen molar-refractivity contribution in [2.24, 2.45) is 17.4 Å². The lowest BCUT2D eigenvalue weighted by molar-refractivity contribution is -0.121. The maximum atomic E-state index is 11.7. The summed E-state index contributed by atoms with van der Waals surface area (Å²) in [6, 6.07) is 3.72. The van der Waals surface area contributed by atoms with Crippen LogP contribution in [0.25, 0.3) is 0 Å². The number of carbonyl (C=O) groups is 2. The highest BCUT2D eigenvalue weighted by Gasteiger charge is 2.40. The summed E-state index contributed by atoms with van der Waals surface area (Å²) >= 11 is 1.46. The van der Waals surface area contributed by atoms with E-state index < -0.39 is 23.7 Å². The van der Waals surface area contributed by atoms with Crippen LogP contribution in [0, 0.1) is 5.92 Å². The summed E-state index contributed by atoms with van der Waals surface area (Å²) in [5, 5.41) is 4.80. The number of rotatable bonds is 3. The van der Waals surface area contributed by atoms with Gasteiger partial charge < -0.3 is 16.8 Å². The topological polar surface area (TPSA) is 98.2 Å². The predicted molar refractivity (Wildman–Crippen MR) is 73.9 cm³/mol.